The molecule has 0 amide bonds. The third-order valence-electron chi connectivity index (χ3n) is 5.55. The molecule has 2 heterocycles. The van der Waals surface area contributed by atoms with Crippen LogP contribution < -0.4 is 9.47 Å². The van der Waals surface area contributed by atoms with E-state index in [1.54, 1.807) is 0 Å². The number of para-hydroxylation sites is 2. The van der Waals surface area contributed by atoms with Gasteiger partial charge in [0.1, 0.15) is 23.0 Å². The standard InChI is InChI=1S/C26H18O3S2/c1-3-9-21-17(7-1)15-19-23(27-21)11-5-13-25(19)30-29-31-26-14-6-12-24-20(26)16-18-8-2-4-10-22(18)28-24/h1-14H,15-16H2. The van der Waals surface area contributed by atoms with Gasteiger partial charge in [-0.1, -0.05) is 48.5 Å². The van der Waals surface area contributed by atoms with Gasteiger partial charge in [-0.15, -0.1) is 0 Å². The minimum atomic E-state index is 0.841. The van der Waals surface area contributed by atoms with Gasteiger partial charge in [-0.05, 0) is 47.5 Å². The van der Waals surface area contributed by atoms with Crippen LogP contribution in [0.1, 0.15) is 22.3 Å². The zero-order valence-electron chi connectivity index (χ0n) is 16.5. The van der Waals surface area contributed by atoms with E-state index < -0.39 is 0 Å². The lowest BCUT2D eigenvalue weighted by Crippen LogP contribution is -2.04. The van der Waals surface area contributed by atoms with Gasteiger partial charge >= 0.3 is 0 Å². The molecule has 0 saturated heterocycles. The zero-order valence-corrected chi connectivity index (χ0v) is 18.2. The summed E-state index contributed by atoms with van der Waals surface area (Å²) in [7, 11) is 0. The maximum atomic E-state index is 6.10. The Hall–Kier alpha value is -2.86. The monoisotopic (exact) mass is 442 g/mol. The summed E-state index contributed by atoms with van der Waals surface area (Å²) in [6.45, 7) is 0. The van der Waals surface area contributed by atoms with Gasteiger partial charge in [-0.25, -0.2) is 3.63 Å². The summed E-state index contributed by atoms with van der Waals surface area (Å²) >= 11 is 2.77. The predicted octanol–water partition coefficient (Wildman–Crippen LogP) is 7.81. The van der Waals surface area contributed by atoms with E-state index in [0.29, 0.717) is 0 Å². The second-order valence-corrected chi connectivity index (χ2v) is 9.23. The van der Waals surface area contributed by atoms with Crippen LogP contribution in [-0.4, -0.2) is 0 Å². The average Bonchev–Trinajstić information content (AvgIpc) is 2.82. The first kappa shape index (κ1) is 18.9. The molecule has 0 radical (unpaired) electrons. The van der Waals surface area contributed by atoms with Crippen molar-refractivity contribution in [3.63, 3.8) is 0 Å². The lowest BCUT2D eigenvalue weighted by Gasteiger charge is -2.22. The maximum absolute atomic E-state index is 6.10. The Labute approximate surface area is 189 Å². The van der Waals surface area contributed by atoms with Crippen LogP contribution in [0.3, 0.4) is 0 Å². The summed E-state index contributed by atoms with van der Waals surface area (Å²) in [5.74, 6) is 3.67. The van der Waals surface area contributed by atoms with Crippen molar-refractivity contribution in [2.45, 2.75) is 22.6 Å². The fourth-order valence-corrected chi connectivity index (χ4v) is 5.53. The van der Waals surface area contributed by atoms with Crippen LogP contribution >= 0.6 is 24.1 Å². The quantitative estimate of drug-likeness (QED) is 0.260. The van der Waals surface area contributed by atoms with Gasteiger partial charge in [0, 0.05) is 57.8 Å². The Balaban J connectivity index is 1.20. The van der Waals surface area contributed by atoms with Crippen LogP contribution in [0.15, 0.2) is 94.7 Å². The van der Waals surface area contributed by atoms with Gasteiger partial charge in [-0.2, -0.15) is 0 Å². The van der Waals surface area contributed by atoms with Gasteiger partial charge in [0.2, 0.25) is 0 Å². The average molecular weight is 443 g/mol. The van der Waals surface area contributed by atoms with Gasteiger partial charge in [0.05, 0.1) is 0 Å². The third kappa shape index (κ3) is 3.59. The number of fused-ring (bicyclic) bond motifs is 4. The third-order valence-corrected chi connectivity index (χ3v) is 7.22. The van der Waals surface area contributed by atoms with Crippen molar-refractivity contribution < 1.29 is 13.1 Å². The molecule has 152 valence electrons. The number of ether oxygens (including phenoxy) is 2. The molecule has 4 aromatic rings. The van der Waals surface area contributed by atoms with Crippen LogP contribution in [0, 0.1) is 0 Å². The smallest absolute Gasteiger partial charge is 0.132 e. The molecule has 0 atom stereocenters. The Bertz CT molecular complexity index is 1190. The highest BCUT2D eigenvalue weighted by Crippen LogP contribution is 2.45. The fourth-order valence-electron chi connectivity index (χ4n) is 3.99. The van der Waals surface area contributed by atoms with E-state index in [-0.39, 0.29) is 0 Å². The molecule has 0 saturated carbocycles. The number of benzene rings is 4. The zero-order chi connectivity index (χ0) is 20.6. The minimum absolute atomic E-state index is 0.841. The van der Waals surface area contributed by atoms with Gasteiger partial charge in [0.15, 0.2) is 0 Å². The van der Waals surface area contributed by atoms with E-state index in [4.69, 9.17) is 13.1 Å². The molecule has 0 N–H and O–H groups in total. The first-order valence-corrected chi connectivity index (χ1v) is 11.6. The van der Waals surface area contributed by atoms with Crippen molar-refractivity contribution in [1.29, 1.82) is 0 Å². The normalized spacial score (nSPS) is 13.2. The molecule has 0 unspecified atom stereocenters. The lowest BCUT2D eigenvalue weighted by atomic mass is 10.0. The summed E-state index contributed by atoms with van der Waals surface area (Å²) in [5.41, 5.74) is 4.73. The van der Waals surface area contributed by atoms with E-state index in [9.17, 15) is 0 Å². The van der Waals surface area contributed by atoms with Crippen LogP contribution in [0.2, 0.25) is 0 Å². The highest BCUT2D eigenvalue weighted by atomic mass is 32.2. The van der Waals surface area contributed by atoms with Gasteiger partial charge in [0.25, 0.3) is 0 Å². The van der Waals surface area contributed by atoms with Crippen molar-refractivity contribution in [2.75, 3.05) is 0 Å². The largest absolute Gasteiger partial charge is 0.457 e. The minimum Gasteiger partial charge on any atom is -0.457 e. The van der Waals surface area contributed by atoms with Crippen LogP contribution in [0.25, 0.3) is 0 Å². The molecule has 0 aliphatic carbocycles. The number of hydrogen-bond donors (Lipinski definition) is 0. The highest BCUT2D eigenvalue weighted by molar-refractivity contribution is 8.08. The summed E-state index contributed by atoms with van der Waals surface area (Å²) in [6.07, 6.45) is 1.68. The molecular weight excluding hydrogens is 424 g/mol. The molecule has 0 bridgehead atoms. The first-order valence-electron chi connectivity index (χ1n) is 10.1. The van der Waals surface area contributed by atoms with Crippen LogP contribution in [0.5, 0.6) is 23.0 Å². The molecule has 2 aliphatic heterocycles. The van der Waals surface area contributed by atoms with Gasteiger partial charge < -0.3 is 9.47 Å². The van der Waals surface area contributed by atoms with Crippen molar-refractivity contribution in [2.24, 2.45) is 0 Å². The van der Waals surface area contributed by atoms with Gasteiger partial charge in [-0.3, -0.25) is 0 Å². The Morgan fingerprint density at radius 1 is 0.516 bits per heavy atom. The molecule has 2 aliphatic rings. The highest BCUT2D eigenvalue weighted by Gasteiger charge is 2.22. The van der Waals surface area contributed by atoms with Crippen molar-refractivity contribution >= 4 is 24.1 Å². The summed E-state index contributed by atoms with van der Waals surface area (Å²) in [5, 5.41) is 0. The number of rotatable bonds is 4. The Morgan fingerprint density at radius 2 is 0.968 bits per heavy atom. The Morgan fingerprint density at radius 3 is 1.48 bits per heavy atom. The molecular formula is C26H18O3S2. The van der Waals surface area contributed by atoms with Crippen LogP contribution in [0.4, 0.5) is 0 Å². The van der Waals surface area contributed by atoms with Crippen molar-refractivity contribution in [3.8, 4) is 23.0 Å². The molecule has 6 rings (SSSR count). The number of hydrogen-bond acceptors (Lipinski definition) is 5. The van der Waals surface area contributed by atoms with E-state index in [1.807, 2.05) is 60.7 Å². The molecule has 31 heavy (non-hydrogen) atoms. The van der Waals surface area contributed by atoms with E-state index in [0.717, 1.165) is 45.6 Å². The SMILES string of the molecule is c1ccc2c(c1)Cc1c(cccc1SOSc1cccc3c1Cc1ccccc1O3)O2. The van der Waals surface area contributed by atoms with E-state index in [2.05, 4.69) is 24.3 Å². The summed E-state index contributed by atoms with van der Waals surface area (Å²) in [6, 6.07) is 28.6. The summed E-state index contributed by atoms with van der Waals surface area (Å²) < 4.78 is 18.2. The van der Waals surface area contributed by atoms with Crippen molar-refractivity contribution in [3.05, 3.63) is 107 Å². The molecule has 3 nitrogen and oxygen atoms in total. The molecule has 0 aromatic heterocycles. The molecule has 5 heteroatoms. The second-order valence-electron chi connectivity index (χ2n) is 7.47. The van der Waals surface area contributed by atoms with E-state index >= 15 is 0 Å². The second kappa shape index (κ2) is 8.00. The van der Waals surface area contributed by atoms with Crippen molar-refractivity contribution in [1.82, 2.24) is 0 Å². The van der Waals surface area contributed by atoms with E-state index in [1.165, 1.54) is 46.3 Å². The first-order chi connectivity index (χ1) is 15.3. The fraction of sp³-hybridized carbons (Fsp3) is 0.0769. The molecule has 0 fully saturated rings. The summed E-state index contributed by atoms with van der Waals surface area (Å²) in [4.78, 5) is 2.15. The molecule has 4 aromatic carbocycles. The topological polar surface area (TPSA) is 27.7 Å². The molecule has 0 spiro atoms. The van der Waals surface area contributed by atoms with Crippen LogP contribution in [-0.2, 0) is 16.5 Å². The Kier molecular flexibility index (Phi) is 4.87. The predicted molar refractivity (Wildman–Crippen MR) is 124 cm³/mol. The lowest BCUT2D eigenvalue weighted by molar-refractivity contribution is 0.457. The maximum Gasteiger partial charge on any atom is 0.132 e.